The Morgan fingerprint density at radius 3 is 2.86 bits per heavy atom. The third kappa shape index (κ3) is 3.84. The van der Waals surface area contributed by atoms with Crippen molar-refractivity contribution in [2.75, 3.05) is 19.7 Å². The summed E-state index contributed by atoms with van der Waals surface area (Å²) in [6, 6.07) is 0. The van der Waals surface area contributed by atoms with Gasteiger partial charge in [0, 0.05) is 26.1 Å². The minimum atomic E-state index is 0.00789. The van der Waals surface area contributed by atoms with Gasteiger partial charge in [-0.15, -0.1) is 11.6 Å². The third-order valence-corrected chi connectivity index (χ3v) is 2.48. The maximum absolute atomic E-state index is 11.3. The molecule has 0 aliphatic carbocycles. The molecule has 0 spiro atoms. The number of amides is 1. The van der Waals surface area contributed by atoms with E-state index in [-0.39, 0.29) is 17.4 Å². The average molecular weight is 220 g/mol. The number of hydrogen-bond donors (Lipinski definition) is 0. The largest absolute Gasteiger partial charge is 0.379 e. The summed E-state index contributed by atoms with van der Waals surface area (Å²) in [6.45, 7) is 6.21. The Labute approximate surface area is 90.4 Å². The van der Waals surface area contributed by atoms with Crippen LogP contribution < -0.4 is 0 Å². The second kappa shape index (κ2) is 5.56. The molecule has 1 unspecified atom stereocenters. The summed E-state index contributed by atoms with van der Waals surface area (Å²) in [6.07, 6.45) is 1.66. The maximum atomic E-state index is 11.3. The summed E-state index contributed by atoms with van der Waals surface area (Å²) >= 11 is 5.87. The van der Waals surface area contributed by atoms with Crippen molar-refractivity contribution in [1.29, 1.82) is 0 Å². The average Bonchev–Trinajstić information content (AvgIpc) is 2.39. The molecule has 3 nitrogen and oxygen atoms in total. The van der Waals surface area contributed by atoms with E-state index in [4.69, 9.17) is 16.3 Å². The molecule has 1 amide bonds. The molecule has 14 heavy (non-hydrogen) atoms. The predicted molar refractivity (Wildman–Crippen MR) is 56.5 cm³/mol. The molecule has 1 atom stereocenters. The first-order chi connectivity index (χ1) is 6.59. The van der Waals surface area contributed by atoms with Crippen LogP contribution in [0.15, 0.2) is 0 Å². The number of likely N-dealkylation sites (tertiary alicyclic amines) is 1. The van der Waals surface area contributed by atoms with Gasteiger partial charge in [-0.25, -0.2) is 0 Å². The van der Waals surface area contributed by atoms with Crippen molar-refractivity contribution in [2.24, 2.45) is 0 Å². The maximum Gasteiger partial charge on any atom is 0.224 e. The van der Waals surface area contributed by atoms with E-state index in [0.29, 0.717) is 19.6 Å². The number of ether oxygens (including phenoxy) is 1. The van der Waals surface area contributed by atoms with Crippen molar-refractivity contribution in [3.8, 4) is 0 Å². The SMILES string of the molecule is CC(C)OCCCN1CC(Cl)CC1=O. The van der Waals surface area contributed by atoms with Gasteiger partial charge in [-0.2, -0.15) is 0 Å². The topological polar surface area (TPSA) is 29.5 Å². The van der Waals surface area contributed by atoms with Crippen LogP contribution in [-0.2, 0) is 9.53 Å². The minimum absolute atomic E-state index is 0.00789. The zero-order valence-electron chi connectivity index (χ0n) is 8.83. The molecule has 4 heteroatoms. The van der Waals surface area contributed by atoms with Crippen LogP contribution in [0.4, 0.5) is 0 Å². The zero-order chi connectivity index (χ0) is 10.6. The van der Waals surface area contributed by atoms with Crippen LogP contribution >= 0.6 is 11.6 Å². The molecular weight excluding hydrogens is 202 g/mol. The van der Waals surface area contributed by atoms with Gasteiger partial charge in [-0.05, 0) is 20.3 Å². The monoisotopic (exact) mass is 219 g/mol. The van der Waals surface area contributed by atoms with Crippen LogP contribution in [0.3, 0.4) is 0 Å². The molecule has 0 aromatic heterocycles. The second-order valence-electron chi connectivity index (χ2n) is 3.91. The van der Waals surface area contributed by atoms with Crippen LogP contribution in [0, 0.1) is 0 Å². The molecule has 1 saturated heterocycles. The van der Waals surface area contributed by atoms with E-state index >= 15 is 0 Å². The van der Waals surface area contributed by atoms with E-state index in [1.165, 1.54) is 0 Å². The molecule has 0 radical (unpaired) electrons. The quantitative estimate of drug-likeness (QED) is 0.520. The first kappa shape index (κ1) is 11.8. The van der Waals surface area contributed by atoms with E-state index in [2.05, 4.69) is 0 Å². The Morgan fingerprint density at radius 1 is 1.64 bits per heavy atom. The van der Waals surface area contributed by atoms with Gasteiger partial charge in [0.25, 0.3) is 0 Å². The first-order valence-electron chi connectivity index (χ1n) is 5.13. The molecule has 0 bridgehead atoms. The van der Waals surface area contributed by atoms with Gasteiger partial charge >= 0.3 is 0 Å². The highest BCUT2D eigenvalue weighted by atomic mass is 35.5. The first-order valence-corrected chi connectivity index (χ1v) is 5.56. The lowest BCUT2D eigenvalue weighted by molar-refractivity contribution is -0.127. The molecule has 1 heterocycles. The van der Waals surface area contributed by atoms with Crippen LogP contribution in [-0.4, -0.2) is 42.0 Å². The fraction of sp³-hybridized carbons (Fsp3) is 0.900. The Hall–Kier alpha value is -0.280. The number of carbonyl (C=O) groups is 1. The lowest BCUT2D eigenvalue weighted by Crippen LogP contribution is -2.27. The number of alkyl halides is 1. The van der Waals surface area contributed by atoms with Crippen molar-refractivity contribution in [1.82, 2.24) is 4.90 Å². The molecule has 82 valence electrons. The van der Waals surface area contributed by atoms with Crippen molar-refractivity contribution < 1.29 is 9.53 Å². The van der Waals surface area contributed by atoms with Crippen molar-refractivity contribution in [3.05, 3.63) is 0 Å². The highest BCUT2D eigenvalue weighted by Gasteiger charge is 2.27. The standard InChI is InChI=1S/C10H18ClNO2/c1-8(2)14-5-3-4-12-7-9(11)6-10(12)13/h8-9H,3-7H2,1-2H3. The fourth-order valence-electron chi connectivity index (χ4n) is 1.51. The Balaban J connectivity index is 2.10. The van der Waals surface area contributed by atoms with E-state index < -0.39 is 0 Å². The van der Waals surface area contributed by atoms with Crippen molar-refractivity contribution >= 4 is 17.5 Å². The number of carbonyl (C=O) groups excluding carboxylic acids is 1. The van der Waals surface area contributed by atoms with Crippen molar-refractivity contribution in [3.63, 3.8) is 0 Å². The van der Waals surface area contributed by atoms with Crippen molar-refractivity contribution in [2.45, 2.75) is 38.2 Å². The van der Waals surface area contributed by atoms with Gasteiger partial charge in [0.05, 0.1) is 11.5 Å². The van der Waals surface area contributed by atoms with Gasteiger partial charge in [-0.3, -0.25) is 4.79 Å². The molecule has 1 aliphatic heterocycles. The lowest BCUT2D eigenvalue weighted by Gasteiger charge is -2.15. The normalized spacial score (nSPS) is 22.4. The van der Waals surface area contributed by atoms with E-state index in [1.807, 2.05) is 18.7 Å². The summed E-state index contributed by atoms with van der Waals surface area (Å²) in [5.74, 6) is 0.176. The molecule has 1 aliphatic rings. The zero-order valence-corrected chi connectivity index (χ0v) is 9.59. The van der Waals surface area contributed by atoms with Crippen LogP contribution in [0.1, 0.15) is 26.7 Å². The summed E-state index contributed by atoms with van der Waals surface area (Å²) < 4.78 is 5.39. The molecule has 1 rings (SSSR count). The summed E-state index contributed by atoms with van der Waals surface area (Å²) in [4.78, 5) is 13.1. The Kier molecular flexibility index (Phi) is 4.69. The minimum Gasteiger partial charge on any atom is -0.379 e. The summed E-state index contributed by atoms with van der Waals surface area (Å²) in [5, 5.41) is 0.00789. The highest BCUT2D eigenvalue weighted by Crippen LogP contribution is 2.16. The van der Waals surface area contributed by atoms with Gasteiger partial charge in [0.15, 0.2) is 0 Å². The van der Waals surface area contributed by atoms with E-state index in [1.54, 1.807) is 0 Å². The van der Waals surface area contributed by atoms with Crippen LogP contribution in [0.25, 0.3) is 0 Å². The number of nitrogens with zero attached hydrogens (tertiary/aromatic N) is 1. The molecule has 0 aromatic carbocycles. The van der Waals surface area contributed by atoms with Gasteiger partial charge in [0.2, 0.25) is 5.91 Å². The predicted octanol–water partition coefficient (Wildman–Crippen LogP) is 1.64. The smallest absolute Gasteiger partial charge is 0.224 e. The molecular formula is C10H18ClNO2. The Morgan fingerprint density at radius 2 is 2.36 bits per heavy atom. The second-order valence-corrected chi connectivity index (χ2v) is 4.53. The molecule has 0 aromatic rings. The number of halogens is 1. The van der Waals surface area contributed by atoms with Gasteiger partial charge in [-0.1, -0.05) is 0 Å². The highest BCUT2D eigenvalue weighted by molar-refractivity contribution is 6.22. The number of rotatable bonds is 5. The summed E-state index contributed by atoms with van der Waals surface area (Å²) in [5.41, 5.74) is 0. The van der Waals surface area contributed by atoms with E-state index in [9.17, 15) is 4.79 Å². The number of hydrogen-bond acceptors (Lipinski definition) is 2. The van der Waals surface area contributed by atoms with E-state index in [0.717, 1.165) is 13.0 Å². The van der Waals surface area contributed by atoms with Crippen LogP contribution in [0.2, 0.25) is 0 Å². The van der Waals surface area contributed by atoms with Gasteiger partial charge in [0.1, 0.15) is 0 Å². The molecule has 0 N–H and O–H groups in total. The lowest BCUT2D eigenvalue weighted by atomic mass is 10.4. The molecule has 1 fully saturated rings. The molecule has 0 saturated carbocycles. The summed E-state index contributed by atoms with van der Waals surface area (Å²) in [7, 11) is 0. The van der Waals surface area contributed by atoms with Crippen LogP contribution in [0.5, 0.6) is 0 Å². The fourth-order valence-corrected chi connectivity index (χ4v) is 1.81. The Bertz CT molecular complexity index is 197. The third-order valence-electron chi connectivity index (χ3n) is 2.19. The van der Waals surface area contributed by atoms with Gasteiger partial charge < -0.3 is 9.64 Å².